The van der Waals surface area contributed by atoms with Crippen LogP contribution in [0.15, 0.2) is 21.2 Å². The van der Waals surface area contributed by atoms with Gasteiger partial charge in [0.2, 0.25) is 11.0 Å². The summed E-state index contributed by atoms with van der Waals surface area (Å²) in [6, 6.07) is 1.61. The van der Waals surface area contributed by atoms with Crippen molar-refractivity contribution in [1.82, 2.24) is 20.3 Å². The van der Waals surface area contributed by atoms with E-state index >= 15 is 0 Å². The first-order valence-electron chi connectivity index (χ1n) is 5.45. The molecule has 0 radical (unpaired) electrons. The third-order valence-corrected chi connectivity index (χ3v) is 4.47. The van der Waals surface area contributed by atoms with Crippen LogP contribution in [0.25, 0.3) is 0 Å². The van der Waals surface area contributed by atoms with E-state index in [0.717, 1.165) is 5.69 Å². The quantitative estimate of drug-likeness (QED) is 0.834. The molecule has 0 saturated carbocycles. The van der Waals surface area contributed by atoms with Crippen LogP contribution in [0.3, 0.4) is 0 Å². The average molecular weight is 299 g/mol. The molecule has 19 heavy (non-hydrogen) atoms. The first-order valence-corrected chi connectivity index (χ1v) is 7.26. The molecule has 2 heterocycles. The van der Waals surface area contributed by atoms with Crippen LogP contribution in [0, 0.1) is 0 Å². The van der Waals surface area contributed by atoms with E-state index < -0.39 is 0 Å². The molecule has 2 rings (SSSR count). The van der Waals surface area contributed by atoms with E-state index in [2.05, 4.69) is 15.4 Å². The molecule has 102 valence electrons. The van der Waals surface area contributed by atoms with Crippen molar-refractivity contribution in [3.63, 3.8) is 0 Å². The predicted molar refractivity (Wildman–Crippen MR) is 72.7 cm³/mol. The van der Waals surface area contributed by atoms with E-state index in [9.17, 15) is 4.79 Å². The summed E-state index contributed by atoms with van der Waals surface area (Å²) in [5, 5.41) is 11.8. The van der Waals surface area contributed by atoms with E-state index in [0.29, 0.717) is 9.47 Å². The molecule has 2 N–H and O–H groups in total. The molecule has 0 bridgehead atoms. The Bertz CT molecular complexity index is 542. The number of thioether (sulfide) groups is 1. The maximum Gasteiger partial charge on any atom is 0.233 e. The average Bonchev–Trinajstić information content (AvgIpc) is 3.05. The fourth-order valence-electron chi connectivity index (χ4n) is 1.36. The van der Waals surface area contributed by atoms with Crippen molar-refractivity contribution in [3.05, 3.63) is 18.0 Å². The molecule has 7 nitrogen and oxygen atoms in total. The first kappa shape index (κ1) is 13.8. The van der Waals surface area contributed by atoms with Crippen molar-refractivity contribution in [3.8, 4) is 0 Å². The fourth-order valence-corrected chi connectivity index (χ4v) is 2.92. The molecule has 2 aromatic rings. The molecule has 0 aliphatic heterocycles. The molecule has 0 aliphatic carbocycles. The van der Waals surface area contributed by atoms with Gasteiger partial charge in [-0.15, -0.1) is 10.2 Å². The van der Waals surface area contributed by atoms with E-state index in [1.807, 2.05) is 6.92 Å². The molecule has 1 amide bonds. The van der Waals surface area contributed by atoms with E-state index in [-0.39, 0.29) is 17.7 Å². The summed E-state index contributed by atoms with van der Waals surface area (Å²) in [5.74, 6) is 0.266. The number of rotatable bonds is 5. The number of nitrogens with two attached hydrogens (primary N) is 1. The summed E-state index contributed by atoms with van der Waals surface area (Å²) in [5.41, 5.74) is 6.20. The zero-order valence-corrected chi connectivity index (χ0v) is 12.1. The highest BCUT2D eigenvalue weighted by atomic mass is 32.2. The summed E-state index contributed by atoms with van der Waals surface area (Å²) in [6.45, 7) is 1.89. The normalized spacial score (nSPS) is 12.3. The van der Waals surface area contributed by atoms with Gasteiger partial charge in [-0.1, -0.05) is 28.3 Å². The lowest BCUT2D eigenvalue weighted by Crippen LogP contribution is -2.31. The monoisotopic (exact) mass is 299 g/mol. The number of aromatic nitrogens is 3. The van der Waals surface area contributed by atoms with Crippen LogP contribution >= 0.6 is 23.1 Å². The minimum Gasteiger partial charge on any atom is -0.374 e. The largest absolute Gasteiger partial charge is 0.374 e. The van der Waals surface area contributed by atoms with Crippen molar-refractivity contribution >= 4 is 34.1 Å². The maximum absolute atomic E-state index is 12.0. The van der Waals surface area contributed by atoms with Gasteiger partial charge in [-0.2, -0.15) is 0 Å². The van der Waals surface area contributed by atoms with Gasteiger partial charge in [-0.05, 0) is 6.92 Å². The Hall–Kier alpha value is -1.61. The summed E-state index contributed by atoms with van der Waals surface area (Å²) in [4.78, 5) is 13.7. The van der Waals surface area contributed by atoms with Crippen LogP contribution in [0.4, 0.5) is 5.13 Å². The van der Waals surface area contributed by atoms with Gasteiger partial charge < -0.3 is 15.2 Å². The molecular formula is C10H13N5O2S2. The lowest BCUT2D eigenvalue weighted by Gasteiger charge is -2.22. The Morgan fingerprint density at radius 2 is 2.42 bits per heavy atom. The third kappa shape index (κ3) is 3.44. The first-order chi connectivity index (χ1) is 9.08. The van der Waals surface area contributed by atoms with Crippen molar-refractivity contribution in [2.75, 3.05) is 18.5 Å². The number of anilines is 1. The highest BCUT2D eigenvalue weighted by molar-refractivity contribution is 8.01. The molecule has 9 heteroatoms. The number of amides is 1. The van der Waals surface area contributed by atoms with Crippen LogP contribution in [0.5, 0.6) is 0 Å². The van der Waals surface area contributed by atoms with Gasteiger partial charge in [-0.3, -0.25) is 4.79 Å². The Morgan fingerprint density at radius 3 is 3.00 bits per heavy atom. The lowest BCUT2D eigenvalue weighted by atomic mass is 10.2. The molecular weight excluding hydrogens is 286 g/mol. The topological polar surface area (TPSA) is 98.1 Å². The van der Waals surface area contributed by atoms with Crippen LogP contribution < -0.4 is 5.73 Å². The van der Waals surface area contributed by atoms with Crippen LogP contribution in [-0.4, -0.2) is 39.0 Å². The van der Waals surface area contributed by atoms with E-state index in [1.54, 1.807) is 18.0 Å². The summed E-state index contributed by atoms with van der Waals surface area (Å²) in [6.07, 6.45) is 1.49. The Balaban J connectivity index is 1.89. The highest BCUT2D eigenvalue weighted by Crippen LogP contribution is 2.25. The van der Waals surface area contributed by atoms with E-state index in [4.69, 9.17) is 10.3 Å². The second-order valence-electron chi connectivity index (χ2n) is 3.80. The second-order valence-corrected chi connectivity index (χ2v) is 6.03. The minimum atomic E-state index is -0.133. The highest BCUT2D eigenvalue weighted by Gasteiger charge is 2.20. The smallest absolute Gasteiger partial charge is 0.233 e. The molecule has 2 aromatic heterocycles. The number of nitrogen functional groups attached to an aromatic ring is 1. The van der Waals surface area contributed by atoms with Gasteiger partial charge in [0.05, 0.1) is 11.8 Å². The standard InChI is InChI=1S/C10H13N5O2S2/c1-6(7-3-4-17-14-7)15(2)8(16)5-18-10-13-12-9(11)19-10/h3-4,6H,5H2,1-2H3,(H2,11,12). The number of carbonyl (C=O) groups excluding carboxylic acids is 1. The minimum absolute atomic E-state index is 0.0192. The van der Waals surface area contributed by atoms with Crippen molar-refractivity contribution in [2.24, 2.45) is 0 Å². The molecule has 0 fully saturated rings. The van der Waals surface area contributed by atoms with Crippen molar-refractivity contribution in [1.29, 1.82) is 0 Å². The van der Waals surface area contributed by atoms with Crippen molar-refractivity contribution < 1.29 is 9.32 Å². The van der Waals surface area contributed by atoms with Gasteiger partial charge in [0.25, 0.3) is 0 Å². The van der Waals surface area contributed by atoms with Gasteiger partial charge in [0, 0.05) is 13.1 Å². The van der Waals surface area contributed by atoms with Gasteiger partial charge in [-0.25, -0.2) is 0 Å². The van der Waals surface area contributed by atoms with Gasteiger partial charge in [0.1, 0.15) is 12.0 Å². The zero-order chi connectivity index (χ0) is 13.8. The summed E-state index contributed by atoms with van der Waals surface area (Å²) >= 11 is 2.59. The maximum atomic E-state index is 12.0. The molecule has 0 saturated heterocycles. The Labute approximate surface area is 118 Å². The van der Waals surface area contributed by atoms with Crippen LogP contribution in [0.2, 0.25) is 0 Å². The molecule has 1 atom stereocenters. The third-order valence-electron chi connectivity index (χ3n) is 2.60. The van der Waals surface area contributed by atoms with Gasteiger partial charge >= 0.3 is 0 Å². The number of carbonyl (C=O) groups is 1. The fraction of sp³-hybridized carbons (Fsp3) is 0.400. The predicted octanol–water partition coefficient (Wildman–Crippen LogP) is 1.42. The number of nitrogens with zero attached hydrogens (tertiary/aromatic N) is 4. The molecule has 0 spiro atoms. The Kier molecular flexibility index (Phi) is 4.38. The lowest BCUT2D eigenvalue weighted by molar-refractivity contribution is -0.129. The van der Waals surface area contributed by atoms with Crippen molar-refractivity contribution in [2.45, 2.75) is 17.3 Å². The van der Waals surface area contributed by atoms with Gasteiger partial charge in [0.15, 0.2) is 4.34 Å². The summed E-state index contributed by atoms with van der Waals surface area (Å²) < 4.78 is 5.46. The number of hydrogen-bond donors (Lipinski definition) is 1. The number of hydrogen-bond acceptors (Lipinski definition) is 8. The molecule has 1 unspecified atom stereocenters. The second kappa shape index (κ2) is 6.02. The molecule has 0 aliphatic rings. The zero-order valence-electron chi connectivity index (χ0n) is 10.4. The SMILES string of the molecule is CC(c1ccon1)N(C)C(=O)CSc1nnc(N)s1. The van der Waals surface area contributed by atoms with E-state index in [1.165, 1.54) is 29.4 Å². The van der Waals surface area contributed by atoms with Crippen LogP contribution in [0.1, 0.15) is 18.7 Å². The van der Waals surface area contributed by atoms with Crippen LogP contribution in [-0.2, 0) is 4.79 Å². The Morgan fingerprint density at radius 1 is 1.63 bits per heavy atom. The summed E-state index contributed by atoms with van der Waals surface area (Å²) in [7, 11) is 1.73. The molecule has 0 aromatic carbocycles.